The average molecular weight is 688 g/mol. The zero-order valence-electron chi connectivity index (χ0n) is 29.4. The third kappa shape index (κ3) is 6.85. The Bertz CT molecular complexity index is 1590. The van der Waals surface area contributed by atoms with Crippen molar-refractivity contribution in [3.05, 3.63) is 35.1 Å². The predicted molar refractivity (Wildman–Crippen MR) is 169 cm³/mol. The van der Waals surface area contributed by atoms with E-state index < -0.39 is 77.0 Å². The van der Waals surface area contributed by atoms with Gasteiger partial charge in [0.25, 0.3) is 0 Å². The van der Waals surface area contributed by atoms with Gasteiger partial charge in [-0.3, -0.25) is 9.59 Å². The number of nitrogens with zero attached hydrogens (tertiary/aromatic N) is 1. The number of ether oxygens (including phenoxy) is 7. The minimum atomic E-state index is -1.58. The number of likely N-dealkylation sites (tertiary alicyclic amines) is 1. The lowest BCUT2D eigenvalue weighted by Gasteiger charge is -2.61. The third-order valence-electron chi connectivity index (χ3n) is 9.11. The minimum absolute atomic E-state index is 0.108. The lowest BCUT2D eigenvalue weighted by molar-refractivity contribution is -0.181. The van der Waals surface area contributed by atoms with Crippen molar-refractivity contribution in [2.45, 2.75) is 128 Å². The number of benzene rings is 1. The molecule has 1 saturated heterocycles. The predicted octanol–water partition coefficient (Wildman–Crippen LogP) is 3.42. The highest BCUT2D eigenvalue weighted by atomic mass is 16.7. The standard InChI is InChI=1S/C35H45NO13/c1-18(43-25(38)17-23(44-19(2)37)30(40)48-32(3,4)5)29(39)45-22-12-13-35(42)24-16-20-10-11-21(46-31(41)49-33(6,7)8)27-26(20)34(35,28(22)47-27)14-15-36(24)9/h10-12,18,23-24,28,42H,13-17H2,1-9H3/t18?,23?,24-,28+,34+,35-/m1/s1. The number of piperidine rings is 1. The lowest BCUT2D eigenvalue weighted by Crippen LogP contribution is -2.74. The molecule has 14 heteroatoms. The van der Waals surface area contributed by atoms with E-state index >= 15 is 0 Å². The second-order valence-electron chi connectivity index (χ2n) is 15.0. The SMILES string of the molecule is CC(=O)OC(CC(=O)OC(C)C(=O)OC1=CC[C@@]2(O)[C@H]3Cc4ccc(OC(=O)OC(C)(C)C)c5c4[C@@]2(CCN3C)[C@H]1O5)C(=O)OC(C)(C)C. The first-order chi connectivity index (χ1) is 22.6. The molecule has 0 aromatic heterocycles. The molecule has 2 heterocycles. The Morgan fingerprint density at radius 2 is 1.67 bits per heavy atom. The molecule has 2 aliphatic carbocycles. The van der Waals surface area contributed by atoms with Crippen molar-refractivity contribution >= 4 is 30.0 Å². The first-order valence-corrected chi connectivity index (χ1v) is 16.3. The summed E-state index contributed by atoms with van der Waals surface area (Å²) in [5, 5.41) is 12.5. The van der Waals surface area contributed by atoms with Crippen molar-refractivity contribution in [1.29, 1.82) is 0 Å². The zero-order chi connectivity index (χ0) is 36.3. The van der Waals surface area contributed by atoms with Gasteiger partial charge in [-0.2, -0.15) is 0 Å². The van der Waals surface area contributed by atoms with Crippen molar-refractivity contribution in [3.8, 4) is 11.5 Å². The van der Waals surface area contributed by atoms with Crippen LogP contribution in [0.3, 0.4) is 0 Å². The quantitative estimate of drug-likeness (QED) is 0.239. The molecule has 268 valence electrons. The summed E-state index contributed by atoms with van der Waals surface area (Å²) in [5.74, 6) is -3.21. The topological polar surface area (TPSA) is 173 Å². The molecular formula is C35H45NO13. The summed E-state index contributed by atoms with van der Waals surface area (Å²) < 4.78 is 38.8. The smallest absolute Gasteiger partial charge is 0.477 e. The molecule has 1 spiro atoms. The maximum absolute atomic E-state index is 13.4. The molecule has 6 atom stereocenters. The van der Waals surface area contributed by atoms with E-state index in [2.05, 4.69) is 4.90 Å². The van der Waals surface area contributed by atoms with Crippen LogP contribution in [0, 0.1) is 0 Å². The molecule has 2 bridgehead atoms. The molecule has 1 aromatic carbocycles. The average Bonchev–Trinajstić information content (AvgIpc) is 3.31. The summed E-state index contributed by atoms with van der Waals surface area (Å²) in [6, 6.07) is 3.21. The first-order valence-electron chi connectivity index (χ1n) is 16.3. The van der Waals surface area contributed by atoms with Gasteiger partial charge in [-0.25, -0.2) is 14.4 Å². The van der Waals surface area contributed by atoms with Crippen LogP contribution in [0.4, 0.5) is 4.79 Å². The Hall–Kier alpha value is -4.17. The number of carbonyl (C=O) groups excluding carboxylic acids is 5. The highest BCUT2D eigenvalue weighted by Crippen LogP contribution is 2.65. The molecule has 49 heavy (non-hydrogen) atoms. The second-order valence-corrected chi connectivity index (χ2v) is 15.0. The molecule has 14 nitrogen and oxygen atoms in total. The Kier molecular flexibility index (Phi) is 9.30. The van der Waals surface area contributed by atoms with Crippen LogP contribution in [-0.4, -0.2) is 94.8 Å². The van der Waals surface area contributed by atoms with E-state index in [9.17, 15) is 29.1 Å². The number of esters is 4. The Morgan fingerprint density at radius 1 is 1.00 bits per heavy atom. The van der Waals surface area contributed by atoms with Crippen molar-refractivity contribution in [1.82, 2.24) is 4.90 Å². The fourth-order valence-electron chi connectivity index (χ4n) is 7.25. The number of likely N-dealkylation sites (N-methyl/N-ethyl adjacent to an activating group) is 1. The lowest BCUT2D eigenvalue weighted by atomic mass is 9.50. The molecule has 5 rings (SSSR count). The Morgan fingerprint density at radius 3 is 2.31 bits per heavy atom. The Labute approximate surface area is 284 Å². The summed E-state index contributed by atoms with van der Waals surface area (Å²) in [6.07, 6.45) is -2.91. The number of carbonyl (C=O) groups is 5. The van der Waals surface area contributed by atoms with Gasteiger partial charge in [0, 0.05) is 24.9 Å². The van der Waals surface area contributed by atoms with E-state index in [0.29, 0.717) is 24.9 Å². The molecule has 0 radical (unpaired) electrons. The van der Waals surface area contributed by atoms with Crippen LogP contribution in [0.1, 0.15) is 85.8 Å². The van der Waals surface area contributed by atoms with Crippen LogP contribution in [0.2, 0.25) is 0 Å². The van der Waals surface area contributed by atoms with E-state index in [1.165, 1.54) is 6.92 Å². The van der Waals surface area contributed by atoms with Crippen molar-refractivity contribution < 1.29 is 62.2 Å². The molecule has 1 N–H and O–H groups in total. The summed E-state index contributed by atoms with van der Waals surface area (Å²) in [7, 11) is 1.95. The molecule has 0 amide bonds. The Balaban J connectivity index is 1.37. The number of rotatable bonds is 8. The van der Waals surface area contributed by atoms with E-state index in [-0.39, 0.29) is 29.7 Å². The van der Waals surface area contributed by atoms with Gasteiger partial charge in [0.1, 0.15) is 17.0 Å². The maximum atomic E-state index is 13.4. The molecule has 4 aliphatic rings. The van der Waals surface area contributed by atoms with Gasteiger partial charge in [0.05, 0.1) is 17.4 Å². The van der Waals surface area contributed by atoms with Gasteiger partial charge in [0.15, 0.2) is 23.7 Å². The normalized spacial score (nSPS) is 26.5. The van der Waals surface area contributed by atoms with E-state index in [1.54, 1.807) is 53.7 Å². The van der Waals surface area contributed by atoms with Crippen LogP contribution in [0.5, 0.6) is 11.5 Å². The summed E-state index contributed by atoms with van der Waals surface area (Å²) in [6.45, 7) is 13.0. The zero-order valence-corrected chi connectivity index (χ0v) is 29.4. The van der Waals surface area contributed by atoms with Gasteiger partial charge < -0.3 is 43.2 Å². The van der Waals surface area contributed by atoms with Gasteiger partial charge in [-0.1, -0.05) is 6.07 Å². The summed E-state index contributed by atoms with van der Waals surface area (Å²) in [5.41, 5.74) is -2.46. The van der Waals surface area contributed by atoms with Gasteiger partial charge in [0.2, 0.25) is 6.10 Å². The van der Waals surface area contributed by atoms with Gasteiger partial charge in [-0.15, -0.1) is 0 Å². The maximum Gasteiger partial charge on any atom is 0.514 e. The van der Waals surface area contributed by atoms with Crippen LogP contribution < -0.4 is 9.47 Å². The third-order valence-corrected chi connectivity index (χ3v) is 9.11. The van der Waals surface area contributed by atoms with Crippen molar-refractivity contribution in [2.24, 2.45) is 0 Å². The molecule has 1 fully saturated rings. The van der Waals surface area contributed by atoms with Gasteiger partial charge in [-0.05, 0) is 92.6 Å². The van der Waals surface area contributed by atoms with E-state index in [1.807, 2.05) is 13.1 Å². The second kappa shape index (κ2) is 12.6. The highest BCUT2D eigenvalue weighted by molar-refractivity contribution is 5.86. The largest absolute Gasteiger partial charge is 0.514 e. The fraction of sp³-hybridized carbons (Fsp3) is 0.629. The van der Waals surface area contributed by atoms with Crippen LogP contribution >= 0.6 is 0 Å². The minimum Gasteiger partial charge on any atom is -0.477 e. The van der Waals surface area contributed by atoms with Crippen LogP contribution in [0.15, 0.2) is 24.0 Å². The van der Waals surface area contributed by atoms with Crippen LogP contribution in [0.25, 0.3) is 0 Å². The fourth-order valence-corrected chi connectivity index (χ4v) is 7.25. The number of hydrogen-bond acceptors (Lipinski definition) is 14. The molecule has 2 unspecified atom stereocenters. The monoisotopic (exact) mass is 687 g/mol. The van der Waals surface area contributed by atoms with E-state index in [0.717, 1.165) is 12.5 Å². The molecule has 1 aromatic rings. The van der Waals surface area contributed by atoms with Crippen LogP contribution in [-0.2, 0) is 54.7 Å². The van der Waals surface area contributed by atoms with Crippen molar-refractivity contribution in [3.63, 3.8) is 0 Å². The molecule has 0 saturated carbocycles. The highest BCUT2D eigenvalue weighted by Gasteiger charge is 2.72. The first kappa shape index (κ1) is 36.1. The van der Waals surface area contributed by atoms with Crippen molar-refractivity contribution in [2.75, 3.05) is 13.6 Å². The molecular weight excluding hydrogens is 642 g/mol. The molecule has 2 aliphatic heterocycles. The summed E-state index contributed by atoms with van der Waals surface area (Å²) in [4.78, 5) is 65.1. The van der Waals surface area contributed by atoms with E-state index in [4.69, 9.17) is 33.2 Å². The summed E-state index contributed by atoms with van der Waals surface area (Å²) >= 11 is 0. The number of aliphatic hydroxyl groups is 1. The number of hydrogen-bond donors (Lipinski definition) is 1. The van der Waals surface area contributed by atoms with Gasteiger partial charge >= 0.3 is 30.0 Å².